The van der Waals surface area contributed by atoms with Crippen LogP contribution in [0.1, 0.15) is 11.3 Å². The highest BCUT2D eigenvalue weighted by molar-refractivity contribution is 14.1. The lowest BCUT2D eigenvalue weighted by Gasteiger charge is -2.06. The normalized spacial score (nSPS) is 10.1. The van der Waals surface area contributed by atoms with Gasteiger partial charge in [0.25, 0.3) is 0 Å². The minimum absolute atomic E-state index is 0.0469. The van der Waals surface area contributed by atoms with Crippen LogP contribution in [0.5, 0.6) is 0 Å². The van der Waals surface area contributed by atoms with Gasteiger partial charge >= 0.3 is 0 Å². The van der Waals surface area contributed by atoms with E-state index in [4.69, 9.17) is 0 Å². The summed E-state index contributed by atoms with van der Waals surface area (Å²) in [6.45, 7) is 1.93. The van der Waals surface area contributed by atoms with Crippen molar-refractivity contribution >= 4 is 34.3 Å². The number of amides is 1. The highest BCUT2D eigenvalue weighted by Crippen LogP contribution is 2.12. The van der Waals surface area contributed by atoms with Gasteiger partial charge in [-0.3, -0.25) is 4.79 Å². The van der Waals surface area contributed by atoms with Crippen molar-refractivity contribution in [3.63, 3.8) is 0 Å². The summed E-state index contributed by atoms with van der Waals surface area (Å²) in [6.07, 6.45) is 0.369. The number of rotatable bonds is 3. The molecular weight excluding hydrogens is 339 g/mol. The van der Waals surface area contributed by atoms with Gasteiger partial charge in [-0.15, -0.1) is 0 Å². The Hall–Kier alpha value is -1.43. The SMILES string of the molecule is Cc1nc(NC(=O)Cc2ccccc2)ccc1I. The number of nitrogens with zero attached hydrogens (tertiary/aromatic N) is 1. The Morgan fingerprint density at radius 2 is 1.94 bits per heavy atom. The van der Waals surface area contributed by atoms with Crippen molar-refractivity contribution in [1.82, 2.24) is 4.98 Å². The number of hydrogen-bond acceptors (Lipinski definition) is 2. The van der Waals surface area contributed by atoms with Gasteiger partial charge in [-0.25, -0.2) is 4.98 Å². The van der Waals surface area contributed by atoms with E-state index in [1.807, 2.05) is 49.4 Å². The van der Waals surface area contributed by atoms with E-state index in [0.29, 0.717) is 12.2 Å². The number of nitrogens with one attached hydrogen (secondary N) is 1. The van der Waals surface area contributed by atoms with Crippen LogP contribution >= 0.6 is 22.6 Å². The molecule has 3 nitrogen and oxygen atoms in total. The number of halogens is 1. The second-order valence-corrected chi connectivity index (χ2v) is 5.14. The number of pyridine rings is 1. The monoisotopic (exact) mass is 352 g/mol. The van der Waals surface area contributed by atoms with Crippen LogP contribution in [-0.2, 0) is 11.2 Å². The molecule has 0 unspecified atom stereocenters. The number of hydrogen-bond donors (Lipinski definition) is 1. The molecule has 1 aromatic heterocycles. The first-order valence-electron chi connectivity index (χ1n) is 5.62. The lowest BCUT2D eigenvalue weighted by Crippen LogP contribution is -2.15. The molecule has 18 heavy (non-hydrogen) atoms. The molecule has 92 valence electrons. The topological polar surface area (TPSA) is 42.0 Å². The van der Waals surface area contributed by atoms with E-state index >= 15 is 0 Å². The van der Waals surface area contributed by atoms with E-state index in [9.17, 15) is 4.79 Å². The third kappa shape index (κ3) is 3.53. The molecule has 0 radical (unpaired) electrons. The third-order valence-electron chi connectivity index (χ3n) is 2.50. The second-order valence-electron chi connectivity index (χ2n) is 3.97. The van der Waals surface area contributed by atoms with Crippen molar-refractivity contribution in [2.75, 3.05) is 5.32 Å². The summed E-state index contributed by atoms with van der Waals surface area (Å²) in [4.78, 5) is 16.1. The molecule has 0 spiro atoms. The average Bonchev–Trinajstić information content (AvgIpc) is 2.35. The number of aryl methyl sites for hydroxylation is 1. The molecule has 0 aliphatic rings. The molecule has 1 N–H and O–H groups in total. The van der Waals surface area contributed by atoms with Crippen LogP contribution in [0.3, 0.4) is 0 Å². The fourth-order valence-electron chi connectivity index (χ4n) is 1.58. The Morgan fingerprint density at radius 1 is 1.22 bits per heavy atom. The predicted octanol–water partition coefficient (Wildman–Crippen LogP) is 3.18. The summed E-state index contributed by atoms with van der Waals surface area (Å²) in [5.74, 6) is 0.558. The molecule has 0 fully saturated rings. The fourth-order valence-corrected chi connectivity index (χ4v) is 1.88. The number of anilines is 1. The summed E-state index contributed by atoms with van der Waals surface area (Å²) in [7, 11) is 0. The van der Waals surface area contributed by atoms with Gasteiger partial charge in [-0.2, -0.15) is 0 Å². The van der Waals surface area contributed by atoms with Gasteiger partial charge in [0.2, 0.25) is 5.91 Å². The summed E-state index contributed by atoms with van der Waals surface area (Å²) in [5, 5.41) is 2.81. The maximum absolute atomic E-state index is 11.8. The molecule has 2 rings (SSSR count). The number of carbonyl (C=O) groups excluding carboxylic acids is 1. The lowest BCUT2D eigenvalue weighted by atomic mass is 10.1. The van der Waals surface area contributed by atoms with Crippen molar-refractivity contribution < 1.29 is 4.79 Å². The largest absolute Gasteiger partial charge is 0.310 e. The van der Waals surface area contributed by atoms with Gasteiger partial charge in [0, 0.05) is 3.57 Å². The van der Waals surface area contributed by atoms with Crippen molar-refractivity contribution in [2.45, 2.75) is 13.3 Å². The quantitative estimate of drug-likeness (QED) is 0.863. The molecule has 1 heterocycles. The highest BCUT2D eigenvalue weighted by Gasteiger charge is 2.05. The number of carbonyl (C=O) groups is 1. The van der Waals surface area contributed by atoms with Crippen LogP contribution in [-0.4, -0.2) is 10.9 Å². The van der Waals surface area contributed by atoms with E-state index in [1.54, 1.807) is 0 Å². The Labute approximate surface area is 120 Å². The molecule has 0 aliphatic carbocycles. The number of aromatic nitrogens is 1. The van der Waals surface area contributed by atoms with Crippen LogP contribution in [0.2, 0.25) is 0 Å². The zero-order valence-electron chi connectivity index (χ0n) is 9.98. The van der Waals surface area contributed by atoms with Gasteiger partial charge in [-0.1, -0.05) is 30.3 Å². The van der Waals surface area contributed by atoms with Crippen LogP contribution in [0.25, 0.3) is 0 Å². The van der Waals surface area contributed by atoms with E-state index < -0.39 is 0 Å². The van der Waals surface area contributed by atoms with E-state index in [1.165, 1.54) is 0 Å². The molecule has 0 atom stereocenters. The molecule has 4 heteroatoms. The molecule has 1 amide bonds. The second kappa shape index (κ2) is 5.95. The zero-order valence-corrected chi connectivity index (χ0v) is 12.1. The molecule has 0 aliphatic heterocycles. The van der Waals surface area contributed by atoms with E-state index in [-0.39, 0.29) is 5.91 Å². The Kier molecular flexibility index (Phi) is 4.30. The molecule has 0 saturated carbocycles. The Balaban J connectivity index is 2.01. The Morgan fingerprint density at radius 3 is 2.61 bits per heavy atom. The average molecular weight is 352 g/mol. The zero-order chi connectivity index (χ0) is 13.0. The van der Waals surface area contributed by atoms with Gasteiger partial charge in [0.05, 0.1) is 12.1 Å². The molecule has 0 saturated heterocycles. The van der Waals surface area contributed by atoms with Crippen molar-refractivity contribution in [1.29, 1.82) is 0 Å². The van der Waals surface area contributed by atoms with Gasteiger partial charge < -0.3 is 5.32 Å². The highest BCUT2D eigenvalue weighted by atomic mass is 127. The minimum atomic E-state index is -0.0469. The molecule has 2 aromatic rings. The van der Waals surface area contributed by atoms with E-state index in [2.05, 4.69) is 32.9 Å². The predicted molar refractivity (Wildman–Crippen MR) is 80.5 cm³/mol. The smallest absolute Gasteiger partial charge is 0.229 e. The molecule has 1 aromatic carbocycles. The first kappa shape index (κ1) is 13.0. The van der Waals surface area contributed by atoms with Crippen molar-refractivity contribution in [3.05, 3.63) is 57.3 Å². The maximum Gasteiger partial charge on any atom is 0.229 e. The van der Waals surface area contributed by atoms with Crippen molar-refractivity contribution in [2.24, 2.45) is 0 Å². The van der Waals surface area contributed by atoms with E-state index in [0.717, 1.165) is 14.8 Å². The first-order chi connectivity index (χ1) is 8.65. The van der Waals surface area contributed by atoms with Gasteiger partial charge in [0.15, 0.2) is 0 Å². The first-order valence-corrected chi connectivity index (χ1v) is 6.70. The third-order valence-corrected chi connectivity index (χ3v) is 3.64. The fraction of sp³-hybridized carbons (Fsp3) is 0.143. The minimum Gasteiger partial charge on any atom is -0.310 e. The summed E-state index contributed by atoms with van der Waals surface area (Å²) in [5.41, 5.74) is 1.92. The van der Waals surface area contributed by atoms with Crippen molar-refractivity contribution in [3.8, 4) is 0 Å². The summed E-state index contributed by atoms with van der Waals surface area (Å²) in [6, 6.07) is 13.4. The molecular formula is C14H13IN2O. The van der Waals surface area contributed by atoms with Gasteiger partial charge in [0.1, 0.15) is 5.82 Å². The summed E-state index contributed by atoms with van der Waals surface area (Å²) >= 11 is 2.22. The van der Waals surface area contributed by atoms with Gasteiger partial charge in [-0.05, 0) is 47.2 Å². The lowest BCUT2D eigenvalue weighted by molar-refractivity contribution is -0.115. The standard InChI is InChI=1S/C14H13IN2O/c1-10-12(15)7-8-13(16-10)17-14(18)9-11-5-3-2-4-6-11/h2-8H,9H2,1H3,(H,16,17,18). The number of benzene rings is 1. The summed E-state index contributed by atoms with van der Waals surface area (Å²) < 4.78 is 1.09. The molecule has 0 bridgehead atoms. The van der Waals surface area contributed by atoms with Crippen LogP contribution < -0.4 is 5.32 Å². The van der Waals surface area contributed by atoms with Crippen LogP contribution in [0, 0.1) is 10.5 Å². The Bertz CT molecular complexity index is 555. The van der Waals surface area contributed by atoms with Crippen LogP contribution in [0.15, 0.2) is 42.5 Å². The van der Waals surface area contributed by atoms with Crippen LogP contribution in [0.4, 0.5) is 5.82 Å². The maximum atomic E-state index is 11.8.